The lowest BCUT2D eigenvalue weighted by atomic mass is 10.1. The van der Waals surface area contributed by atoms with Crippen molar-refractivity contribution >= 4 is 17.3 Å². The fourth-order valence-corrected chi connectivity index (χ4v) is 2.34. The molecule has 0 amide bonds. The maximum Gasteiger partial charge on any atom is 0.162 e. The average Bonchev–Trinajstić information content (AvgIpc) is 2.47. The molecule has 0 radical (unpaired) electrons. The third kappa shape index (κ3) is 3.52. The Morgan fingerprint density at radius 1 is 1.10 bits per heavy atom. The second-order valence-electron chi connectivity index (χ2n) is 4.65. The number of aryl methyl sites for hydroxylation is 1. The van der Waals surface area contributed by atoms with Gasteiger partial charge in [-0.15, -0.1) is 0 Å². The van der Waals surface area contributed by atoms with E-state index in [4.69, 9.17) is 21.1 Å². The zero-order valence-corrected chi connectivity index (χ0v) is 13.0. The van der Waals surface area contributed by atoms with Crippen LogP contribution in [0.15, 0.2) is 30.3 Å². The standard InChI is InChI=1S/C16H18ClNO3/c1-10-6-13(4-5-14(10)20-2)18-9-11-7-12(17)8-15(21-3)16(11)19/h4-8,18-19H,9H2,1-3H3. The molecule has 0 unspecified atom stereocenters. The van der Waals surface area contributed by atoms with Crippen molar-refractivity contribution in [1.29, 1.82) is 0 Å². The highest BCUT2D eigenvalue weighted by Crippen LogP contribution is 2.34. The van der Waals surface area contributed by atoms with E-state index in [1.807, 2.05) is 25.1 Å². The van der Waals surface area contributed by atoms with Gasteiger partial charge in [-0.2, -0.15) is 0 Å². The van der Waals surface area contributed by atoms with Crippen LogP contribution in [0.4, 0.5) is 5.69 Å². The van der Waals surface area contributed by atoms with E-state index in [9.17, 15) is 5.11 Å². The number of hydrogen-bond donors (Lipinski definition) is 2. The Hall–Kier alpha value is -2.07. The average molecular weight is 308 g/mol. The summed E-state index contributed by atoms with van der Waals surface area (Å²) in [4.78, 5) is 0. The summed E-state index contributed by atoms with van der Waals surface area (Å²) in [6, 6.07) is 9.10. The maximum absolute atomic E-state index is 10.1. The molecule has 0 aliphatic carbocycles. The van der Waals surface area contributed by atoms with Crippen LogP contribution in [0, 0.1) is 6.92 Å². The molecule has 2 aromatic rings. The van der Waals surface area contributed by atoms with Gasteiger partial charge in [0, 0.05) is 28.9 Å². The second-order valence-corrected chi connectivity index (χ2v) is 5.09. The van der Waals surface area contributed by atoms with Crippen LogP contribution in [0.2, 0.25) is 5.02 Å². The number of methoxy groups -OCH3 is 2. The molecular formula is C16H18ClNO3. The summed E-state index contributed by atoms with van der Waals surface area (Å²) in [5.41, 5.74) is 2.65. The smallest absolute Gasteiger partial charge is 0.162 e. The van der Waals surface area contributed by atoms with Crippen molar-refractivity contribution in [3.05, 3.63) is 46.5 Å². The first-order valence-corrected chi connectivity index (χ1v) is 6.87. The van der Waals surface area contributed by atoms with Gasteiger partial charge in [-0.05, 0) is 36.8 Å². The molecule has 0 spiro atoms. The summed E-state index contributed by atoms with van der Waals surface area (Å²) < 4.78 is 10.3. The first kappa shape index (κ1) is 15.3. The number of nitrogens with one attached hydrogen (secondary N) is 1. The molecule has 0 saturated heterocycles. The van der Waals surface area contributed by atoms with E-state index < -0.39 is 0 Å². The van der Waals surface area contributed by atoms with Gasteiger partial charge in [0.05, 0.1) is 14.2 Å². The predicted molar refractivity (Wildman–Crippen MR) is 84.7 cm³/mol. The van der Waals surface area contributed by atoms with Crippen LogP contribution in [0.1, 0.15) is 11.1 Å². The zero-order valence-electron chi connectivity index (χ0n) is 12.2. The predicted octanol–water partition coefficient (Wildman–Crippen LogP) is 3.98. The molecule has 5 heteroatoms. The molecule has 0 aliphatic heterocycles. The van der Waals surface area contributed by atoms with Crippen molar-refractivity contribution in [3.63, 3.8) is 0 Å². The van der Waals surface area contributed by atoms with Crippen molar-refractivity contribution < 1.29 is 14.6 Å². The Kier molecular flexibility index (Phi) is 4.81. The quantitative estimate of drug-likeness (QED) is 0.877. The molecule has 0 aromatic heterocycles. The summed E-state index contributed by atoms with van der Waals surface area (Å²) >= 11 is 6.01. The van der Waals surface area contributed by atoms with E-state index in [0.29, 0.717) is 22.9 Å². The number of anilines is 1. The highest BCUT2D eigenvalue weighted by atomic mass is 35.5. The van der Waals surface area contributed by atoms with Crippen LogP contribution in [-0.4, -0.2) is 19.3 Å². The van der Waals surface area contributed by atoms with E-state index >= 15 is 0 Å². The van der Waals surface area contributed by atoms with Gasteiger partial charge in [0.1, 0.15) is 5.75 Å². The summed E-state index contributed by atoms with van der Waals surface area (Å²) in [6.45, 7) is 2.42. The van der Waals surface area contributed by atoms with Gasteiger partial charge >= 0.3 is 0 Å². The van der Waals surface area contributed by atoms with Crippen LogP contribution >= 0.6 is 11.6 Å². The molecule has 0 atom stereocenters. The summed E-state index contributed by atoms with van der Waals surface area (Å²) in [6.07, 6.45) is 0. The van der Waals surface area contributed by atoms with E-state index in [-0.39, 0.29) is 5.75 Å². The largest absolute Gasteiger partial charge is 0.504 e. The van der Waals surface area contributed by atoms with E-state index in [1.54, 1.807) is 19.2 Å². The van der Waals surface area contributed by atoms with E-state index in [0.717, 1.165) is 17.0 Å². The Balaban J connectivity index is 2.16. The molecule has 4 nitrogen and oxygen atoms in total. The number of aromatic hydroxyl groups is 1. The van der Waals surface area contributed by atoms with Crippen LogP contribution in [0.25, 0.3) is 0 Å². The lowest BCUT2D eigenvalue weighted by Gasteiger charge is -2.13. The molecular weight excluding hydrogens is 290 g/mol. The minimum atomic E-state index is 0.0969. The Morgan fingerprint density at radius 3 is 2.43 bits per heavy atom. The molecule has 0 aliphatic rings. The first-order valence-electron chi connectivity index (χ1n) is 6.49. The number of phenols is 1. The van der Waals surface area contributed by atoms with Crippen LogP contribution in [-0.2, 0) is 6.54 Å². The first-order chi connectivity index (χ1) is 10.0. The van der Waals surface area contributed by atoms with Gasteiger partial charge in [0.15, 0.2) is 11.5 Å². The molecule has 2 rings (SSSR count). The van der Waals surface area contributed by atoms with Crippen molar-refractivity contribution in [3.8, 4) is 17.2 Å². The fraction of sp³-hybridized carbons (Fsp3) is 0.250. The molecule has 0 bridgehead atoms. The number of rotatable bonds is 5. The molecule has 0 heterocycles. The van der Waals surface area contributed by atoms with Crippen molar-refractivity contribution in [1.82, 2.24) is 0 Å². The maximum atomic E-state index is 10.1. The minimum Gasteiger partial charge on any atom is -0.504 e. The molecule has 0 saturated carbocycles. The van der Waals surface area contributed by atoms with Gasteiger partial charge in [-0.1, -0.05) is 11.6 Å². The number of halogens is 1. The van der Waals surface area contributed by atoms with Gasteiger partial charge in [-0.25, -0.2) is 0 Å². The van der Waals surface area contributed by atoms with Gasteiger partial charge in [0.25, 0.3) is 0 Å². The summed E-state index contributed by atoms with van der Waals surface area (Å²) in [5, 5.41) is 13.8. The Bertz CT molecular complexity index is 644. The molecule has 21 heavy (non-hydrogen) atoms. The van der Waals surface area contributed by atoms with Crippen molar-refractivity contribution in [2.45, 2.75) is 13.5 Å². The number of ether oxygens (including phenoxy) is 2. The normalized spacial score (nSPS) is 10.3. The van der Waals surface area contributed by atoms with Crippen molar-refractivity contribution in [2.24, 2.45) is 0 Å². The fourth-order valence-electron chi connectivity index (χ4n) is 2.10. The third-order valence-electron chi connectivity index (χ3n) is 3.22. The third-order valence-corrected chi connectivity index (χ3v) is 3.43. The Labute approximate surface area is 129 Å². The Morgan fingerprint density at radius 2 is 1.81 bits per heavy atom. The summed E-state index contributed by atoms with van der Waals surface area (Å²) in [5.74, 6) is 1.30. The number of phenolic OH excluding ortho intramolecular Hbond substituents is 1. The highest BCUT2D eigenvalue weighted by Gasteiger charge is 2.10. The second kappa shape index (κ2) is 6.59. The van der Waals surface area contributed by atoms with Crippen LogP contribution in [0.3, 0.4) is 0 Å². The molecule has 112 valence electrons. The van der Waals surface area contributed by atoms with Crippen molar-refractivity contribution in [2.75, 3.05) is 19.5 Å². The zero-order chi connectivity index (χ0) is 15.4. The molecule has 2 aromatic carbocycles. The SMILES string of the molecule is COc1ccc(NCc2cc(Cl)cc(OC)c2O)cc1C. The molecule has 0 fully saturated rings. The highest BCUT2D eigenvalue weighted by molar-refractivity contribution is 6.30. The monoisotopic (exact) mass is 307 g/mol. The van der Waals surface area contributed by atoms with Gasteiger partial charge in [-0.3, -0.25) is 0 Å². The van der Waals surface area contributed by atoms with Crippen LogP contribution < -0.4 is 14.8 Å². The minimum absolute atomic E-state index is 0.0969. The lowest BCUT2D eigenvalue weighted by molar-refractivity contribution is 0.371. The molecule has 2 N–H and O–H groups in total. The van der Waals surface area contributed by atoms with E-state index in [1.165, 1.54) is 7.11 Å². The number of benzene rings is 2. The summed E-state index contributed by atoms with van der Waals surface area (Å²) in [7, 11) is 3.14. The topological polar surface area (TPSA) is 50.7 Å². The van der Waals surface area contributed by atoms with E-state index in [2.05, 4.69) is 5.32 Å². The lowest BCUT2D eigenvalue weighted by Crippen LogP contribution is -2.01. The number of hydrogen-bond acceptors (Lipinski definition) is 4. The van der Waals surface area contributed by atoms with Crippen LogP contribution in [0.5, 0.6) is 17.2 Å². The van der Waals surface area contributed by atoms with Gasteiger partial charge in [0.2, 0.25) is 0 Å². The van der Waals surface area contributed by atoms with Gasteiger partial charge < -0.3 is 19.9 Å².